The van der Waals surface area contributed by atoms with Crippen molar-refractivity contribution in [2.75, 3.05) is 13.2 Å². The van der Waals surface area contributed by atoms with E-state index in [4.69, 9.17) is 4.74 Å². The maximum absolute atomic E-state index is 12.7. The lowest BCUT2D eigenvalue weighted by Gasteiger charge is -2.25. The van der Waals surface area contributed by atoms with Gasteiger partial charge in [0, 0.05) is 6.04 Å². The first-order chi connectivity index (χ1) is 14.3. The molecule has 1 heterocycles. The van der Waals surface area contributed by atoms with Gasteiger partial charge in [0.05, 0.1) is 0 Å². The molecule has 6 amide bonds. The number of carbonyl (C=O) groups is 5. The molecule has 1 aliphatic heterocycles. The maximum Gasteiger partial charge on any atom is 0.326 e. The molecule has 1 saturated heterocycles. The number of nitrogens with one attached hydrogen (secondary N) is 3. The topological polar surface area (TPSA) is 134 Å². The first kappa shape index (κ1) is 23.6. The molecule has 2 aliphatic rings. The van der Waals surface area contributed by atoms with Crippen LogP contribution in [0.2, 0.25) is 0 Å². The minimum absolute atomic E-state index is 0.0419. The lowest BCUT2D eigenvalue weighted by molar-refractivity contribution is -0.151. The van der Waals surface area contributed by atoms with Crippen molar-refractivity contribution in [3.05, 3.63) is 0 Å². The zero-order valence-corrected chi connectivity index (χ0v) is 17.8. The third-order valence-corrected chi connectivity index (χ3v) is 5.44. The molecule has 168 valence electrons. The van der Waals surface area contributed by atoms with Crippen molar-refractivity contribution in [3.63, 3.8) is 0 Å². The lowest BCUT2D eigenvalue weighted by atomic mass is 9.88. The number of ether oxygens (including phenoxy) is 1. The van der Waals surface area contributed by atoms with Crippen LogP contribution in [-0.2, 0) is 19.1 Å². The fourth-order valence-electron chi connectivity index (χ4n) is 4.09. The maximum atomic E-state index is 12.7. The zero-order chi connectivity index (χ0) is 22.1. The molecule has 0 aromatic heterocycles. The Bertz CT molecular complexity index is 668. The predicted octanol–water partition coefficient (Wildman–Crippen LogP) is 1.58. The summed E-state index contributed by atoms with van der Waals surface area (Å²) >= 11 is 0. The Morgan fingerprint density at radius 3 is 2.33 bits per heavy atom. The largest absolute Gasteiger partial charge is 0.454 e. The molecule has 2 rings (SSSR count). The highest BCUT2D eigenvalue weighted by molar-refractivity contribution is 6.08. The van der Waals surface area contributed by atoms with Gasteiger partial charge in [0.1, 0.15) is 12.1 Å². The summed E-state index contributed by atoms with van der Waals surface area (Å²) in [6.45, 7) is 2.57. The summed E-state index contributed by atoms with van der Waals surface area (Å²) in [4.78, 5) is 61.5. The molecule has 10 heteroatoms. The van der Waals surface area contributed by atoms with Crippen LogP contribution >= 0.6 is 0 Å². The van der Waals surface area contributed by atoms with E-state index in [0.29, 0.717) is 25.7 Å². The summed E-state index contributed by atoms with van der Waals surface area (Å²) in [5.41, 5.74) is -0.991. The Balaban J connectivity index is 1.78. The molecule has 0 atom stereocenters. The third-order valence-electron chi connectivity index (χ3n) is 5.44. The molecule has 3 N–H and O–H groups in total. The van der Waals surface area contributed by atoms with Crippen molar-refractivity contribution in [1.82, 2.24) is 20.9 Å². The second-order valence-electron chi connectivity index (χ2n) is 7.92. The lowest BCUT2D eigenvalue weighted by Crippen LogP contribution is -2.47. The van der Waals surface area contributed by atoms with Gasteiger partial charge in [-0.15, -0.1) is 0 Å². The number of hydrogen-bond donors (Lipinski definition) is 3. The first-order valence-electron chi connectivity index (χ1n) is 10.7. The van der Waals surface area contributed by atoms with Crippen LogP contribution in [0.1, 0.15) is 71.6 Å². The Labute approximate surface area is 176 Å². The third kappa shape index (κ3) is 6.17. The van der Waals surface area contributed by atoms with Crippen molar-refractivity contribution in [1.29, 1.82) is 0 Å². The SMILES string of the molecule is CCCC1(CCC)NC(=O)N(CC(=O)OCC(=O)NC(=O)NC2CCCCC2)C1=O. The van der Waals surface area contributed by atoms with Gasteiger partial charge in [0.2, 0.25) is 0 Å². The molecule has 10 nitrogen and oxygen atoms in total. The number of urea groups is 2. The van der Waals surface area contributed by atoms with Gasteiger partial charge in [-0.05, 0) is 25.7 Å². The number of nitrogens with zero attached hydrogens (tertiary/aromatic N) is 1. The highest BCUT2D eigenvalue weighted by atomic mass is 16.5. The Kier molecular flexibility index (Phi) is 8.61. The van der Waals surface area contributed by atoms with Crippen LogP contribution in [0.4, 0.5) is 9.59 Å². The summed E-state index contributed by atoms with van der Waals surface area (Å²) in [6.07, 6.45) is 7.34. The van der Waals surface area contributed by atoms with Crippen LogP contribution < -0.4 is 16.0 Å². The van der Waals surface area contributed by atoms with E-state index in [9.17, 15) is 24.0 Å². The monoisotopic (exact) mass is 424 g/mol. The Hall–Kier alpha value is -2.65. The molecular weight excluding hydrogens is 392 g/mol. The van der Waals surface area contributed by atoms with Gasteiger partial charge >= 0.3 is 18.0 Å². The molecule has 30 heavy (non-hydrogen) atoms. The fraction of sp³-hybridized carbons (Fsp3) is 0.750. The highest BCUT2D eigenvalue weighted by Gasteiger charge is 2.50. The molecule has 2 fully saturated rings. The zero-order valence-electron chi connectivity index (χ0n) is 17.8. The molecule has 0 unspecified atom stereocenters. The van der Waals surface area contributed by atoms with E-state index in [-0.39, 0.29) is 6.04 Å². The minimum atomic E-state index is -0.991. The fourth-order valence-corrected chi connectivity index (χ4v) is 4.09. The quantitative estimate of drug-likeness (QED) is 0.380. The molecule has 0 aromatic rings. The van der Waals surface area contributed by atoms with Crippen molar-refractivity contribution in [3.8, 4) is 0 Å². The van der Waals surface area contributed by atoms with Crippen molar-refractivity contribution in [2.45, 2.75) is 83.2 Å². The number of carbonyl (C=O) groups excluding carboxylic acids is 5. The van der Waals surface area contributed by atoms with Gasteiger partial charge < -0.3 is 15.4 Å². The van der Waals surface area contributed by atoms with Gasteiger partial charge in [0.25, 0.3) is 11.8 Å². The second-order valence-corrected chi connectivity index (χ2v) is 7.92. The van der Waals surface area contributed by atoms with Crippen LogP contribution in [0, 0.1) is 0 Å². The summed E-state index contributed by atoms with van der Waals surface area (Å²) in [7, 11) is 0. The van der Waals surface area contributed by atoms with E-state index in [1.807, 2.05) is 13.8 Å². The summed E-state index contributed by atoms with van der Waals surface area (Å²) in [5, 5.41) is 7.54. The number of esters is 1. The highest BCUT2D eigenvalue weighted by Crippen LogP contribution is 2.27. The van der Waals surface area contributed by atoms with Crippen LogP contribution in [0.3, 0.4) is 0 Å². The minimum Gasteiger partial charge on any atom is -0.454 e. The predicted molar refractivity (Wildman–Crippen MR) is 107 cm³/mol. The number of amides is 6. The molecule has 0 spiro atoms. The van der Waals surface area contributed by atoms with Crippen molar-refractivity contribution >= 4 is 29.8 Å². The number of hydrogen-bond acceptors (Lipinski definition) is 6. The van der Waals surface area contributed by atoms with Gasteiger partial charge in [-0.2, -0.15) is 0 Å². The first-order valence-corrected chi connectivity index (χ1v) is 10.7. The Morgan fingerprint density at radius 1 is 1.10 bits per heavy atom. The van der Waals surface area contributed by atoms with Gasteiger partial charge in [0.15, 0.2) is 6.61 Å². The van der Waals surface area contributed by atoms with Gasteiger partial charge in [-0.1, -0.05) is 46.0 Å². The summed E-state index contributed by atoms with van der Waals surface area (Å²) in [5.74, 6) is -2.13. The van der Waals surface area contributed by atoms with E-state index in [0.717, 1.165) is 37.0 Å². The number of imide groups is 2. The van der Waals surface area contributed by atoms with Crippen LogP contribution in [-0.4, -0.2) is 59.5 Å². The summed E-state index contributed by atoms with van der Waals surface area (Å²) < 4.78 is 4.84. The molecule has 0 aromatic carbocycles. The smallest absolute Gasteiger partial charge is 0.326 e. The Morgan fingerprint density at radius 2 is 1.73 bits per heavy atom. The van der Waals surface area contributed by atoms with E-state index in [1.54, 1.807) is 0 Å². The van der Waals surface area contributed by atoms with E-state index in [1.165, 1.54) is 0 Å². The molecule has 1 saturated carbocycles. The standard InChI is InChI=1S/C20H32N4O6/c1-3-10-20(11-4-2)17(27)24(19(29)23-20)12-16(26)30-13-15(25)22-18(28)21-14-8-6-5-7-9-14/h14H,3-13H2,1-2H3,(H,23,29)(H2,21,22,25,28). The average Bonchev–Trinajstić information content (AvgIpc) is 2.92. The van der Waals surface area contributed by atoms with Crippen LogP contribution in [0.5, 0.6) is 0 Å². The molecule has 0 radical (unpaired) electrons. The van der Waals surface area contributed by atoms with E-state index in [2.05, 4.69) is 16.0 Å². The van der Waals surface area contributed by atoms with Crippen LogP contribution in [0.15, 0.2) is 0 Å². The van der Waals surface area contributed by atoms with E-state index < -0.39 is 48.5 Å². The summed E-state index contributed by atoms with van der Waals surface area (Å²) in [6, 6.07) is -1.23. The van der Waals surface area contributed by atoms with Crippen LogP contribution in [0.25, 0.3) is 0 Å². The molecule has 0 bridgehead atoms. The van der Waals surface area contributed by atoms with Gasteiger partial charge in [-0.25, -0.2) is 9.59 Å². The normalized spacial score (nSPS) is 18.7. The average molecular weight is 424 g/mol. The molecular formula is C20H32N4O6. The van der Waals surface area contributed by atoms with E-state index >= 15 is 0 Å². The number of rotatable bonds is 9. The van der Waals surface area contributed by atoms with Gasteiger partial charge in [-0.3, -0.25) is 24.6 Å². The molecule has 1 aliphatic carbocycles. The second kappa shape index (κ2) is 10.9. The van der Waals surface area contributed by atoms with Crippen molar-refractivity contribution in [2.24, 2.45) is 0 Å². The van der Waals surface area contributed by atoms with Crippen molar-refractivity contribution < 1.29 is 28.7 Å².